The van der Waals surface area contributed by atoms with Crippen molar-refractivity contribution >= 4 is 22.7 Å². The minimum absolute atomic E-state index is 0.113. The van der Waals surface area contributed by atoms with Crippen LogP contribution in [0.4, 0.5) is 11.4 Å². The largest absolute Gasteiger partial charge is 0.379 e. The van der Waals surface area contributed by atoms with E-state index in [2.05, 4.69) is 10.3 Å². The zero-order chi connectivity index (χ0) is 12.3. The number of hydrogen-bond donors (Lipinski definition) is 1. The van der Waals surface area contributed by atoms with Crippen LogP contribution in [0.1, 0.15) is 11.3 Å². The van der Waals surface area contributed by atoms with Crippen LogP contribution < -0.4 is 5.32 Å². The normalized spacial score (nSPS) is 10.2. The SMILES string of the molecule is Cc1cc([N+](=O)[O-])ccc1NCc1cscn1. The molecule has 1 aromatic heterocycles. The van der Waals surface area contributed by atoms with Crippen LogP contribution >= 0.6 is 11.3 Å². The highest BCUT2D eigenvalue weighted by Gasteiger charge is 2.07. The molecule has 0 aliphatic carbocycles. The second-order valence-electron chi connectivity index (χ2n) is 3.59. The Morgan fingerprint density at radius 2 is 2.35 bits per heavy atom. The molecule has 0 bridgehead atoms. The highest BCUT2D eigenvalue weighted by Crippen LogP contribution is 2.21. The zero-order valence-corrected chi connectivity index (χ0v) is 10.0. The Morgan fingerprint density at radius 1 is 1.53 bits per heavy atom. The molecule has 0 amide bonds. The number of non-ortho nitro benzene ring substituents is 1. The summed E-state index contributed by atoms with van der Waals surface area (Å²) < 4.78 is 0. The lowest BCUT2D eigenvalue weighted by molar-refractivity contribution is -0.384. The van der Waals surface area contributed by atoms with Gasteiger partial charge in [0.2, 0.25) is 0 Å². The van der Waals surface area contributed by atoms with Gasteiger partial charge in [-0.3, -0.25) is 10.1 Å². The fourth-order valence-corrected chi connectivity index (χ4v) is 2.03. The number of hydrogen-bond acceptors (Lipinski definition) is 5. The molecular weight excluding hydrogens is 238 g/mol. The van der Waals surface area contributed by atoms with Crippen molar-refractivity contribution in [3.05, 3.63) is 50.5 Å². The van der Waals surface area contributed by atoms with Crippen LogP contribution in [0.2, 0.25) is 0 Å². The Labute approximate surface area is 102 Å². The first-order chi connectivity index (χ1) is 8.16. The second kappa shape index (κ2) is 4.92. The maximum Gasteiger partial charge on any atom is 0.269 e. The van der Waals surface area contributed by atoms with Gasteiger partial charge in [-0.25, -0.2) is 4.98 Å². The summed E-state index contributed by atoms with van der Waals surface area (Å²) in [6.45, 7) is 2.47. The lowest BCUT2D eigenvalue weighted by Gasteiger charge is -2.07. The van der Waals surface area contributed by atoms with E-state index in [1.54, 1.807) is 29.0 Å². The number of nitrogens with one attached hydrogen (secondary N) is 1. The second-order valence-corrected chi connectivity index (χ2v) is 4.31. The monoisotopic (exact) mass is 249 g/mol. The molecular formula is C11H11N3O2S. The molecule has 1 aromatic carbocycles. The number of thiazole rings is 1. The van der Waals surface area contributed by atoms with E-state index in [9.17, 15) is 10.1 Å². The van der Waals surface area contributed by atoms with Gasteiger partial charge in [0.05, 0.1) is 22.7 Å². The highest BCUT2D eigenvalue weighted by atomic mass is 32.1. The van der Waals surface area contributed by atoms with Crippen LogP contribution in [0.5, 0.6) is 0 Å². The van der Waals surface area contributed by atoms with E-state index < -0.39 is 4.92 Å². The molecule has 1 N–H and O–H groups in total. The molecule has 0 atom stereocenters. The Hall–Kier alpha value is -1.95. The van der Waals surface area contributed by atoms with E-state index in [-0.39, 0.29) is 5.69 Å². The number of aryl methyl sites for hydroxylation is 1. The van der Waals surface area contributed by atoms with Crippen molar-refractivity contribution in [1.82, 2.24) is 4.98 Å². The molecule has 6 heteroatoms. The third-order valence-electron chi connectivity index (χ3n) is 2.36. The van der Waals surface area contributed by atoms with Crippen molar-refractivity contribution in [2.45, 2.75) is 13.5 Å². The number of aromatic nitrogens is 1. The Kier molecular flexibility index (Phi) is 3.34. The predicted octanol–water partition coefficient (Wildman–Crippen LogP) is 2.97. The maximum absolute atomic E-state index is 10.6. The summed E-state index contributed by atoms with van der Waals surface area (Å²) in [5.41, 5.74) is 4.60. The van der Waals surface area contributed by atoms with Gasteiger partial charge in [0.25, 0.3) is 5.69 Å². The third-order valence-corrected chi connectivity index (χ3v) is 3.00. The van der Waals surface area contributed by atoms with Crippen molar-refractivity contribution in [2.75, 3.05) is 5.32 Å². The Morgan fingerprint density at radius 3 is 2.94 bits per heavy atom. The average Bonchev–Trinajstić information content (AvgIpc) is 2.80. The quantitative estimate of drug-likeness (QED) is 0.668. The zero-order valence-electron chi connectivity index (χ0n) is 9.21. The first-order valence-electron chi connectivity index (χ1n) is 5.03. The molecule has 0 aliphatic heterocycles. The van der Waals surface area contributed by atoms with Gasteiger partial charge in [-0.05, 0) is 18.6 Å². The summed E-state index contributed by atoms with van der Waals surface area (Å²) in [4.78, 5) is 14.3. The molecule has 0 aliphatic rings. The first kappa shape index (κ1) is 11.5. The molecule has 0 fully saturated rings. The molecule has 0 radical (unpaired) electrons. The van der Waals surface area contributed by atoms with Gasteiger partial charge in [-0.2, -0.15) is 0 Å². The van der Waals surface area contributed by atoms with Gasteiger partial charge < -0.3 is 5.32 Å². The van der Waals surface area contributed by atoms with Crippen LogP contribution in [0, 0.1) is 17.0 Å². The van der Waals surface area contributed by atoms with E-state index in [1.165, 1.54) is 6.07 Å². The number of nitro benzene ring substituents is 1. The lowest BCUT2D eigenvalue weighted by Crippen LogP contribution is -2.01. The standard InChI is InChI=1S/C11H11N3O2S/c1-8-4-10(14(15)16)2-3-11(8)12-5-9-6-17-7-13-9/h2-4,6-7,12H,5H2,1H3. The fourth-order valence-electron chi connectivity index (χ4n) is 1.47. The number of rotatable bonds is 4. The molecule has 0 spiro atoms. The van der Waals surface area contributed by atoms with E-state index in [0.29, 0.717) is 6.54 Å². The molecule has 2 rings (SSSR count). The number of anilines is 1. The number of nitrogens with zero attached hydrogens (tertiary/aromatic N) is 2. The molecule has 1 heterocycles. The van der Waals surface area contributed by atoms with Crippen molar-refractivity contribution in [1.29, 1.82) is 0 Å². The molecule has 2 aromatic rings. The van der Waals surface area contributed by atoms with Gasteiger partial charge in [0.15, 0.2) is 0 Å². The van der Waals surface area contributed by atoms with Crippen molar-refractivity contribution in [2.24, 2.45) is 0 Å². The van der Waals surface area contributed by atoms with Gasteiger partial charge in [0, 0.05) is 23.2 Å². The number of nitro groups is 1. The maximum atomic E-state index is 10.6. The summed E-state index contributed by atoms with van der Waals surface area (Å²) >= 11 is 1.54. The highest BCUT2D eigenvalue weighted by molar-refractivity contribution is 7.07. The summed E-state index contributed by atoms with van der Waals surface area (Å²) in [5.74, 6) is 0. The van der Waals surface area contributed by atoms with Crippen LogP contribution in [0.15, 0.2) is 29.1 Å². The van der Waals surface area contributed by atoms with Crippen LogP contribution in [-0.4, -0.2) is 9.91 Å². The topological polar surface area (TPSA) is 68.1 Å². The van der Waals surface area contributed by atoms with Gasteiger partial charge in [-0.15, -0.1) is 11.3 Å². The van der Waals surface area contributed by atoms with Crippen LogP contribution in [-0.2, 0) is 6.54 Å². The van der Waals surface area contributed by atoms with Gasteiger partial charge in [0.1, 0.15) is 0 Å². The van der Waals surface area contributed by atoms with Gasteiger partial charge >= 0.3 is 0 Å². The molecule has 0 unspecified atom stereocenters. The van der Waals surface area contributed by atoms with E-state index >= 15 is 0 Å². The van der Waals surface area contributed by atoms with Crippen molar-refractivity contribution in [3.63, 3.8) is 0 Å². The summed E-state index contributed by atoms with van der Waals surface area (Å²) in [7, 11) is 0. The number of benzene rings is 1. The van der Waals surface area contributed by atoms with Crippen LogP contribution in [0.3, 0.4) is 0 Å². The molecule has 5 nitrogen and oxygen atoms in total. The first-order valence-corrected chi connectivity index (χ1v) is 5.97. The summed E-state index contributed by atoms with van der Waals surface area (Å²) in [6, 6.07) is 4.78. The van der Waals surface area contributed by atoms with Crippen LogP contribution in [0.25, 0.3) is 0 Å². The Balaban J connectivity index is 2.09. The summed E-state index contributed by atoms with van der Waals surface area (Å²) in [5, 5.41) is 15.8. The van der Waals surface area contributed by atoms with Crippen molar-refractivity contribution < 1.29 is 4.92 Å². The minimum Gasteiger partial charge on any atom is -0.379 e. The van der Waals surface area contributed by atoms with Crippen molar-refractivity contribution in [3.8, 4) is 0 Å². The summed E-state index contributed by atoms with van der Waals surface area (Å²) in [6.07, 6.45) is 0. The fraction of sp³-hybridized carbons (Fsp3) is 0.182. The Bertz CT molecular complexity index is 526. The molecule has 17 heavy (non-hydrogen) atoms. The third kappa shape index (κ3) is 2.79. The lowest BCUT2D eigenvalue weighted by atomic mass is 10.2. The molecule has 0 saturated heterocycles. The molecule has 0 saturated carbocycles. The average molecular weight is 249 g/mol. The van der Waals surface area contributed by atoms with Gasteiger partial charge in [-0.1, -0.05) is 0 Å². The van der Waals surface area contributed by atoms with E-state index in [0.717, 1.165) is 16.9 Å². The predicted molar refractivity (Wildman–Crippen MR) is 67.3 cm³/mol. The minimum atomic E-state index is -0.392. The van der Waals surface area contributed by atoms with E-state index in [4.69, 9.17) is 0 Å². The smallest absolute Gasteiger partial charge is 0.269 e. The molecule has 88 valence electrons. The van der Waals surface area contributed by atoms with E-state index in [1.807, 2.05) is 12.3 Å².